The molecule has 0 aliphatic carbocycles. The van der Waals surface area contributed by atoms with E-state index in [9.17, 15) is 9.90 Å². The lowest BCUT2D eigenvalue weighted by atomic mass is 10.0. The molecule has 0 atom stereocenters. The third-order valence-electron chi connectivity index (χ3n) is 3.46. The number of aromatic nitrogens is 1. The molecule has 0 fully saturated rings. The summed E-state index contributed by atoms with van der Waals surface area (Å²) < 4.78 is 1.48. The van der Waals surface area contributed by atoms with Crippen LogP contribution in [0.5, 0.6) is 0 Å². The van der Waals surface area contributed by atoms with Crippen molar-refractivity contribution < 1.29 is 9.90 Å². The minimum Gasteiger partial charge on any atom is -0.477 e. The molecule has 4 nitrogen and oxygen atoms in total. The Kier molecular flexibility index (Phi) is 3.53. The van der Waals surface area contributed by atoms with Crippen molar-refractivity contribution in [2.75, 3.05) is 0 Å². The number of benzene rings is 1. The highest BCUT2D eigenvalue weighted by Gasteiger charge is 2.21. The highest BCUT2D eigenvalue weighted by Crippen LogP contribution is 2.36. The standard InChI is InChI=1S/C17H12N2O2S/c1-18-13-10-19(2)16(17(20)21)15(13)12-7-5-11(6-8-12)14-4-3-9-22-14/h3-10H,2H3,(H,20,21). The van der Waals surface area contributed by atoms with Gasteiger partial charge in [0.1, 0.15) is 5.69 Å². The van der Waals surface area contributed by atoms with Gasteiger partial charge in [-0.1, -0.05) is 30.3 Å². The molecule has 3 aromatic rings. The minimum absolute atomic E-state index is 0.134. The summed E-state index contributed by atoms with van der Waals surface area (Å²) in [5, 5.41) is 11.4. The molecule has 1 aromatic carbocycles. The Labute approximate surface area is 131 Å². The van der Waals surface area contributed by atoms with Gasteiger partial charge in [-0.3, -0.25) is 0 Å². The summed E-state index contributed by atoms with van der Waals surface area (Å²) >= 11 is 1.65. The average Bonchev–Trinajstić information content (AvgIpc) is 3.14. The van der Waals surface area contributed by atoms with Crippen LogP contribution in [0, 0.1) is 6.57 Å². The van der Waals surface area contributed by atoms with E-state index in [0.29, 0.717) is 11.3 Å². The highest BCUT2D eigenvalue weighted by molar-refractivity contribution is 7.13. The van der Waals surface area contributed by atoms with Gasteiger partial charge in [0, 0.05) is 23.7 Å². The topological polar surface area (TPSA) is 46.6 Å². The predicted molar refractivity (Wildman–Crippen MR) is 87.4 cm³/mol. The van der Waals surface area contributed by atoms with E-state index in [2.05, 4.69) is 4.85 Å². The fraction of sp³-hybridized carbons (Fsp3) is 0.0588. The first kappa shape index (κ1) is 14.1. The monoisotopic (exact) mass is 308 g/mol. The van der Waals surface area contributed by atoms with Crippen molar-refractivity contribution in [3.8, 4) is 21.6 Å². The summed E-state index contributed by atoms with van der Waals surface area (Å²) in [6.07, 6.45) is 1.55. The molecule has 0 bridgehead atoms. The maximum Gasteiger partial charge on any atom is 0.351 e. The number of nitrogens with zero attached hydrogens (tertiary/aromatic N) is 2. The molecule has 22 heavy (non-hydrogen) atoms. The number of aryl methyl sites for hydroxylation is 1. The Morgan fingerprint density at radius 3 is 2.45 bits per heavy atom. The van der Waals surface area contributed by atoms with Crippen LogP contribution >= 0.6 is 11.3 Å². The van der Waals surface area contributed by atoms with Gasteiger partial charge in [-0.2, -0.15) is 0 Å². The average molecular weight is 308 g/mol. The van der Waals surface area contributed by atoms with Crippen molar-refractivity contribution in [3.63, 3.8) is 0 Å². The SMILES string of the molecule is [C-]#[N+]c1cn(C)c(C(=O)O)c1-c1ccc(-c2cccs2)cc1. The Morgan fingerprint density at radius 1 is 1.23 bits per heavy atom. The molecule has 2 aromatic heterocycles. The van der Waals surface area contributed by atoms with Crippen molar-refractivity contribution in [2.24, 2.45) is 7.05 Å². The van der Waals surface area contributed by atoms with Gasteiger partial charge in [-0.15, -0.1) is 11.3 Å². The highest BCUT2D eigenvalue weighted by atomic mass is 32.1. The Bertz CT molecular complexity index is 869. The van der Waals surface area contributed by atoms with E-state index in [1.54, 1.807) is 24.6 Å². The second-order valence-corrected chi connectivity index (χ2v) is 5.77. The smallest absolute Gasteiger partial charge is 0.351 e. The molecule has 0 amide bonds. The Balaban J connectivity index is 2.12. The van der Waals surface area contributed by atoms with Crippen molar-refractivity contribution >= 4 is 23.0 Å². The van der Waals surface area contributed by atoms with E-state index in [-0.39, 0.29) is 5.69 Å². The number of carboxylic acids is 1. The lowest BCUT2D eigenvalue weighted by molar-refractivity contribution is 0.0687. The van der Waals surface area contributed by atoms with Crippen LogP contribution in [0.25, 0.3) is 26.4 Å². The zero-order valence-corrected chi connectivity index (χ0v) is 12.6. The predicted octanol–water partition coefficient (Wildman–Crippen LogP) is 4.67. The Hall–Kier alpha value is -2.84. The molecule has 0 saturated carbocycles. The molecular weight excluding hydrogens is 296 g/mol. The fourth-order valence-corrected chi connectivity index (χ4v) is 3.21. The summed E-state index contributed by atoms with van der Waals surface area (Å²) in [4.78, 5) is 16.1. The second kappa shape index (κ2) is 5.51. The third kappa shape index (κ3) is 2.30. The summed E-state index contributed by atoms with van der Waals surface area (Å²) in [6, 6.07) is 11.7. The minimum atomic E-state index is -1.03. The first-order valence-corrected chi connectivity index (χ1v) is 7.44. The number of carbonyl (C=O) groups is 1. The first-order chi connectivity index (χ1) is 10.6. The summed E-state index contributed by atoms with van der Waals surface area (Å²) in [7, 11) is 1.64. The Morgan fingerprint density at radius 2 is 1.91 bits per heavy atom. The molecule has 1 N–H and O–H groups in total. The van der Waals surface area contributed by atoms with Gasteiger partial charge in [0.05, 0.1) is 6.57 Å². The van der Waals surface area contributed by atoms with E-state index in [0.717, 1.165) is 16.0 Å². The number of aromatic carboxylic acids is 1. The van der Waals surface area contributed by atoms with Gasteiger partial charge >= 0.3 is 5.97 Å². The van der Waals surface area contributed by atoms with E-state index >= 15 is 0 Å². The van der Waals surface area contributed by atoms with Crippen molar-refractivity contribution in [3.05, 3.63) is 65.1 Å². The maximum absolute atomic E-state index is 11.5. The molecule has 2 heterocycles. The molecule has 3 rings (SSSR count). The van der Waals surface area contributed by atoms with Gasteiger partial charge in [0.2, 0.25) is 5.69 Å². The molecule has 0 spiro atoms. The number of carboxylic acid groups (broad SMARTS) is 1. The first-order valence-electron chi connectivity index (χ1n) is 6.56. The van der Waals surface area contributed by atoms with Gasteiger partial charge in [0.25, 0.3) is 0 Å². The van der Waals surface area contributed by atoms with Crippen LogP contribution in [0.2, 0.25) is 0 Å². The number of hydrogen-bond donors (Lipinski definition) is 1. The van der Waals surface area contributed by atoms with Gasteiger partial charge in [-0.25, -0.2) is 9.64 Å². The van der Waals surface area contributed by atoms with E-state index < -0.39 is 5.97 Å². The normalized spacial score (nSPS) is 10.4. The van der Waals surface area contributed by atoms with Crippen LogP contribution in [0.3, 0.4) is 0 Å². The molecule has 108 valence electrons. The zero-order valence-electron chi connectivity index (χ0n) is 11.8. The molecular formula is C17H12N2O2S. The van der Waals surface area contributed by atoms with Crippen LogP contribution in [0.1, 0.15) is 10.5 Å². The molecule has 0 saturated heterocycles. The summed E-state index contributed by atoms with van der Waals surface area (Å²) in [6.45, 7) is 7.26. The van der Waals surface area contributed by atoms with Crippen LogP contribution in [0.4, 0.5) is 5.69 Å². The van der Waals surface area contributed by atoms with Gasteiger partial charge in [-0.05, 0) is 22.6 Å². The lowest BCUT2D eigenvalue weighted by Crippen LogP contribution is -2.05. The third-order valence-corrected chi connectivity index (χ3v) is 4.38. The molecule has 0 aliphatic heterocycles. The summed E-state index contributed by atoms with van der Waals surface area (Å²) in [5.41, 5.74) is 2.78. The van der Waals surface area contributed by atoms with E-state index in [4.69, 9.17) is 6.57 Å². The van der Waals surface area contributed by atoms with Gasteiger partial charge in [0.15, 0.2) is 0 Å². The maximum atomic E-state index is 11.5. The summed E-state index contributed by atoms with van der Waals surface area (Å²) in [5.74, 6) is -1.03. The number of hydrogen-bond acceptors (Lipinski definition) is 2. The van der Waals surface area contributed by atoms with Gasteiger partial charge < -0.3 is 9.67 Å². The lowest BCUT2D eigenvalue weighted by Gasteiger charge is -2.06. The van der Waals surface area contributed by atoms with Crippen LogP contribution < -0.4 is 0 Å². The fourth-order valence-electron chi connectivity index (χ4n) is 2.48. The number of rotatable bonds is 3. The largest absolute Gasteiger partial charge is 0.477 e. The zero-order chi connectivity index (χ0) is 15.7. The quantitative estimate of drug-likeness (QED) is 0.715. The van der Waals surface area contributed by atoms with Crippen LogP contribution in [-0.2, 0) is 7.05 Å². The molecule has 0 radical (unpaired) electrons. The number of thiophene rings is 1. The molecule has 5 heteroatoms. The molecule has 0 aliphatic rings. The van der Waals surface area contributed by atoms with Crippen molar-refractivity contribution in [1.29, 1.82) is 0 Å². The van der Waals surface area contributed by atoms with E-state index in [1.165, 1.54) is 4.57 Å². The molecule has 0 unspecified atom stereocenters. The van der Waals surface area contributed by atoms with Crippen LogP contribution in [0.15, 0.2) is 48.0 Å². The van der Waals surface area contributed by atoms with Crippen LogP contribution in [-0.4, -0.2) is 15.6 Å². The second-order valence-electron chi connectivity index (χ2n) is 4.82. The van der Waals surface area contributed by atoms with Crippen molar-refractivity contribution in [2.45, 2.75) is 0 Å². The van der Waals surface area contributed by atoms with Crippen molar-refractivity contribution in [1.82, 2.24) is 4.57 Å². The van der Waals surface area contributed by atoms with E-state index in [1.807, 2.05) is 41.8 Å².